The van der Waals surface area contributed by atoms with Gasteiger partial charge in [-0.15, -0.1) is 0 Å². The molecular formula is C15H20FNO. The molecule has 3 heteroatoms. The molecular weight excluding hydrogens is 229 g/mol. The van der Waals surface area contributed by atoms with E-state index < -0.39 is 0 Å². The summed E-state index contributed by atoms with van der Waals surface area (Å²) in [7, 11) is 0. The van der Waals surface area contributed by atoms with Gasteiger partial charge < -0.3 is 10.1 Å². The van der Waals surface area contributed by atoms with Gasteiger partial charge in [-0.1, -0.05) is 0 Å². The summed E-state index contributed by atoms with van der Waals surface area (Å²) in [5, 5.41) is 3.47. The zero-order chi connectivity index (χ0) is 12.6. The molecule has 1 aromatic carbocycles. The standard InChI is InChI=1S/C15H20FNO/c1-11-7-12(16)9-14(8-11)17-13-3-6-18-15(10-13)4-2-5-15/h7-9,13,17H,2-6,10H2,1H3. The predicted molar refractivity (Wildman–Crippen MR) is 70.3 cm³/mol. The maximum Gasteiger partial charge on any atom is 0.125 e. The van der Waals surface area contributed by atoms with Gasteiger partial charge in [0, 0.05) is 18.3 Å². The Bertz CT molecular complexity index is 422. The average molecular weight is 249 g/mol. The summed E-state index contributed by atoms with van der Waals surface area (Å²) in [5.74, 6) is -0.164. The van der Waals surface area contributed by atoms with Crippen LogP contribution in [-0.4, -0.2) is 18.2 Å². The smallest absolute Gasteiger partial charge is 0.125 e. The van der Waals surface area contributed by atoms with Crippen LogP contribution in [0.3, 0.4) is 0 Å². The van der Waals surface area contributed by atoms with Gasteiger partial charge in [-0.25, -0.2) is 4.39 Å². The number of ether oxygens (including phenoxy) is 1. The molecule has 3 rings (SSSR count). The van der Waals surface area contributed by atoms with Gasteiger partial charge in [-0.2, -0.15) is 0 Å². The molecule has 1 aliphatic carbocycles. The minimum Gasteiger partial charge on any atom is -0.382 e. The Morgan fingerprint density at radius 3 is 2.83 bits per heavy atom. The van der Waals surface area contributed by atoms with E-state index in [4.69, 9.17) is 4.74 Å². The van der Waals surface area contributed by atoms with E-state index in [9.17, 15) is 4.39 Å². The number of halogens is 1. The highest BCUT2D eigenvalue weighted by Gasteiger charge is 2.42. The molecule has 98 valence electrons. The topological polar surface area (TPSA) is 21.3 Å². The van der Waals surface area contributed by atoms with Crippen molar-refractivity contribution >= 4 is 5.69 Å². The molecule has 1 saturated carbocycles. The number of hydrogen-bond acceptors (Lipinski definition) is 2. The second kappa shape index (κ2) is 4.54. The highest BCUT2D eigenvalue weighted by Crippen LogP contribution is 2.42. The molecule has 1 atom stereocenters. The van der Waals surface area contributed by atoms with E-state index >= 15 is 0 Å². The predicted octanol–water partition coefficient (Wildman–Crippen LogP) is 3.65. The normalized spacial score (nSPS) is 25.8. The van der Waals surface area contributed by atoms with Crippen molar-refractivity contribution in [2.45, 2.75) is 50.7 Å². The van der Waals surface area contributed by atoms with Gasteiger partial charge in [0.05, 0.1) is 5.60 Å². The van der Waals surface area contributed by atoms with Crippen LogP contribution in [0.4, 0.5) is 10.1 Å². The second-order valence-corrected chi connectivity index (χ2v) is 5.74. The first-order valence-corrected chi connectivity index (χ1v) is 6.83. The fraction of sp³-hybridized carbons (Fsp3) is 0.600. The number of nitrogens with one attached hydrogen (secondary N) is 1. The number of anilines is 1. The van der Waals surface area contributed by atoms with Crippen molar-refractivity contribution < 1.29 is 9.13 Å². The third kappa shape index (κ3) is 2.37. The summed E-state index contributed by atoms with van der Waals surface area (Å²) < 4.78 is 19.2. The Balaban J connectivity index is 1.68. The van der Waals surface area contributed by atoms with E-state index in [1.165, 1.54) is 19.3 Å². The Morgan fingerprint density at radius 1 is 1.33 bits per heavy atom. The molecule has 0 aromatic heterocycles. The number of rotatable bonds is 2. The molecule has 0 radical (unpaired) electrons. The summed E-state index contributed by atoms with van der Waals surface area (Å²) in [4.78, 5) is 0. The van der Waals surface area contributed by atoms with Crippen molar-refractivity contribution in [3.05, 3.63) is 29.6 Å². The minimum atomic E-state index is -0.164. The van der Waals surface area contributed by atoms with Crippen LogP contribution in [0.15, 0.2) is 18.2 Å². The zero-order valence-corrected chi connectivity index (χ0v) is 10.8. The molecule has 1 aromatic rings. The molecule has 1 N–H and O–H groups in total. The summed E-state index contributed by atoms with van der Waals surface area (Å²) in [6.07, 6.45) is 5.73. The van der Waals surface area contributed by atoms with Crippen LogP contribution in [0.2, 0.25) is 0 Å². The molecule has 1 saturated heterocycles. The number of aryl methyl sites for hydroxylation is 1. The van der Waals surface area contributed by atoms with Crippen LogP contribution in [0.25, 0.3) is 0 Å². The Hall–Kier alpha value is -1.09. The van der Waals surface area contributed by atoms with Gasteiger partial charge in [0.15, 0.2) is 0 Å². The van der Waals surface area contributed by atoms with Crippen LogP contribution in [0.1, 0.15) is 37.7 Å². The molecule has 1 unspecified atom stereocenters. The Kier molecular flexibility index (Phi) is 3.02. The lowest BCUT2D eigenvalue weighted by Crippen LogP contribution is -2.49. The van der Waals surface area contributed by atoms with Crippen LogP contribution in [0.5, 0.6) is 0 Å². The molecule has 2 aliphatic rings. The first-order chi connectivity index (χ1) is 8.65. The van der Waals surface area contributed by atoms with Crippen molar-refractivity contribution in [1.29, 1.82) is 0 Å². The maximum atomic E-state index is 13.3. The van der Waals surface area contributed by atoms with Crippen LogP contribution < -0.4 is 5.32 Å². The number of hydrogen-bond donors (Lipinski definition) is 1. The fourth-order valence-corrected chi connectivity index (χ4v) is 3.13. The van der Waals surface area contributed by atoms with Gasteiger partial charge in [-0.3, -0.25) is 0 Å². The van der Waals surface area contributed by atoms with Gasteiger partial charge in [0.2, 0.25) is 0 Å². The van der Waals surface area contributed by atoms with Crippen molar-refractivity contribution in [2.75, 3.05) is 11.9 Å². The maximum absolute atomic E-state index is 13.3. The number of benzene rings is 1. The van der Waals surface area contributed by atoms with E-state index in [1.54, 1.807) is 12.1 Å². The first kappa shape index (κ1) is 12.0. The van der Waals surface area contributed by atoms with Crippen LogP contribution >= 0.6 is 0 Å². The van der Waals surface area contributed by atoms with Gasteiger partial charge >= 0.3 is 0 Å². The first-order valence-electron chi connectivity index (χ1n) is 6.83. The van der Waals surface area contributed by atoms with Crippen molar-refractivity contribution in [3.63, 3.8) is 0 Å². The third-order valence-electron chi connectivity index (χ3n) is 4.17. The highest BCUT2D eigenvalue weighted by molar-refractivity contribution is 5.47. The summed E-state index contributed by atoms with van der Waals surface area (Å²) in [5.41, 5.74) is 2.00. The van der Waals surface area contributed by atoms with Crippen molar-refractivity contribution in [2.24, 2.45) is 0 Å². The minimum absolute atomic E-state index is 0.137. The molecule has 1 aliphatic heterocycles. The summed E-state index contributed by atoms with van der Waals surface area (Å²) >= 11 is 0. The quantitative estimate of drug-likeness (QED) is 0.864. The Morgan fingerprint density at radius 2 is 2.17 bits per heavy atom. The van der Waals surface area contributed by atoms with Crippen LogP contribution in [0, 0.1) is 12.7 Å². The lowest BCUT2D eigenvalue weighted by atomic mass is 9.74. The molecule has 18 heavy (non-hydrogen) atoms. The molecule has 1 spiro atoms. The molecule has 1 heterocycles. The monoisotopic (exact) mass is 249 g/mol. The molecule has 0 bridgehead atoms. The van der Waals surface area contributed by atoms with E-state index in [0.29, 0.717) is 6.04 Å². The third-order valence-corrected chi connectivity index (χ3v) is 4.17. The second-order valence-electron chi connectivity index (χ2n) is 5.74. The van der Waals surface area contributed by atoms with Gasteiger partial charge in [0.25, 0.3) is 0 Å². The van der Waals surface area contributed by atoms with E-state index in [2.05, 4.69) is 5.32 Å². The lowest BCUT2D eigenvalue weighted by Gasteiger charge is -2.47. The van der Waals surface area contributed by atoms with Gasteiger partial charge in [0.1, 0.15) is 5.82 Å². The molecule has 2 nitrogen and oxygen atoms in total. The van der Waals surface area contributed by atoms with E-state index in [-0.39, 0.29) is 11.4 Å². The molecule has 2 fully saturated rings. The molecule has 0 amide bonds. The van der Waals surface area contributed by atoms with Crippen molar-refractivity contribution in [3.8, 4) is 0 Å². The fourth-order valence-electron chi connectivity index (χ4n) is 3.13. The van der Waals surface area contributed by atoms with E-state index in [1.807, 2.05) is 13.0 Å². The lowest BCUT2D eigenvalue weighted by molar-refractivity contribution is -0.130. The van der Waals surface area contributed by atoms with Gasteiger partial charge in [-0.05, 0) is 62.8 Å². The summed E-state index contributed by atoms with van der Waals surface area (Å²) in [6.45, 7) is 2.75. The van der Waals surface area contributed by atoms with Crippen LogP contribution in [-0.2, 0) is 4.74 Å². The zero-order valence-electron chi connectivity index (χ0n) is 10.8. The SMILES string of the molecule is Cc1cc(F)cc(NC2CCOC3(CCC3)C2)c1. The van der Waals surface area contributed by atoms with E-state index in [0.717, 1.165) is 30.7 Å². The average Bonchev–Trinajstić information content (AvgIpc) is 2.26. The summed E-state index contributed by atoms with van der Waals surface area (Å²) in [6, 6.07) is 5.56. The Labute approximate surface area is 108 Å². The van der Waals surface area contributed by atoms with Crippen molar-refractivity contribution in [1.82, 2.24) is 0 Å². The highest BCUT2D eigenvalue weighted by atomic mass is 19.1. The largest absolute Gasteiger partial charge is 0.382 e.